The van der Waals surface area contributed by atoms with Gasteiger partial charge in [-0.25, -0.2) is 4.68 Å². The average molecular weight is 394 g/mol. The Kier molecular flexibility index (Phi) is 5.86. The number of methoxy groups -OCH3 is 1. The summed E-state index contributed by atoms with van der Waals surface area (Å²) in [5.74, 6) is -0.931. The quantitative estimate of drug-likeness (QED) is 0.778. The molecule has 2 rings (SSSR count). The molecule has 0 aliphatic rings. The fourth-order valence-corrected chi connectivity index (χ4v) is 2.32. The molecule has 0 fully saturated rings. The van der Waals surface area contributed by atoms with E-state index < -0.39 is 17.9 Å². The second kappa shape index (κ2) is 7.87. The molecule has 2 aromatic rings. The van der Waals surface area contributed by atoms with Crippen molar-refractivity contribution >= 4 is 27.8 Å². The lowest BCUT2D eigenvalue weighted by Crippen LogP contribution is -2.32. The van der Waals surface area contributed by atoms with Crippen LogP contribution in [-0.4, -0.2) is 28.8 Å². The summed E-state index contributed by atoms with van der Waals surface area (Å²) in [7, 11) is 2.75. The third-order valence-electron chi connectivity index (χ3n) is 3.37. The number of halogens is 1. The highest BCUT2D eigenvalue weighted by atomic mass is 79.9. The topological polar surface area (TPSA) is 90.3 Å². The number of carbonyl (C=O) groups excluding carboxylic acids is 2. The predicted molar refractivity (Wildman–Crippen MR) is 90.5 cm³/mol. The number of nitrogens with one attached hydrogen (secondary N) is 1. The summed E-state index contributed by atoms with van der Waals surface area (Å²) in [4.78, 5) is 35.4. The number of carbonyl (C=O) groups is 2. The minimum atomic E-state index is -0.572. The minimum absolute atomic E-state index is 0.0182. The van der Waals surface area contributed by atoms with Gasteiger partial charge in [0.05, 0.1) is 19.6 Å². The molecule has 0 aliphatic carbocycles. The van der Waals surface area contributed by atoms with Crippen molar-refractivity contribution in [3.8, 4) is 0 Å². The Morgan fingerprint density at radius 2 is 1.92 bits per heavy atom. The van der Waals surface area contributed by atoms with Gasteiger partial charge in [0.25, 0.3) is 11.5 Å². The lowest BCUT2D eigenvalue weighted by molar-refractivity contribution is -0.141. The van der Waals surface area contributed by atoms with Crippen LogP contribution in [0.4, 0.5) is 0 Å². The average Bonchev–Trinajstić information content (AvgIpc) is 2.57. The van der Waals surface area contributed by atoms with Crippen molar-refractivity contribution in [1.29, 1.82) is 0 Å². The second-order valence-corrected chi connectivity index (χ2v) is 5.95. The third-order valence-corrected chi connectivity index (χ3v) is 3.90. The van der Waals surface area contributed by atoms with Crippen LogP contribution >= 0.6 is 15.9 Å². The highest BCUT2D eigenvalue weighted by Crippen LogP contribution is 2.20. The molecule has 0 aliphatic heterocycles. The summed E-state index contributed by atoms with van der Waals surface area (Å²) in [5.41, 5.74) is 0.524. The van der Waals surface area contributed by atoms with Crippen LogP contribution < -0.4 is 10.9 Å². The Balaban J connectivity index is 2.24. The predicted octanol–water partition coefficient (Wildman–Crippen LogP) is 1.58. The zero-order valence-electron chi connectivity index (χ0n) is 13.2. The van der Waals surface area contributed by atoms with E-state index in [2.05, 4.69) is 31.1 Å². The maximum Gasteiger partial charge on any atom is 0.307 e. The second-order valence-electron chi connectivity index (χ2n) is 5.04. The van der Waals surface area contributed by atoms with Gasteiger partial charge in [-0.05, 0) is 23.8 Å². The van der Waals surface area contributed by atoms with Crippen molar-refractivity contribution in [2.45, 2.75) is 12.5 Å². The molecule has 1 aromatic carbocycles. The van der Waals surface area contributed by atoms with Crippen LogP contribution in [0.15, 0.2) is 45.7 Å². The Bertz CT molecular complexity index is 802. The largest absolute Gasteiger partial charge is 0.469 e. The van der Waals surface area contributed by atoms with Crippen LogP contribution in [0, 0.1) is 0 Å². The first kappa shape index (κ1) is 17.9. The van der Waals surface area contributed by atoms with Crippen LogP contribution in [-0.2, 0) is 16.6 Å². The summed E-state index contributed by atoms with van der Waals surface area (Å²) in [6, 6.07) is 9.26. The van der Waals surface area contributed by atoms with Crippen LogP contribution in [0.1, 0.15) is 28.5 Å². The van der Waals surface area contributed by atoms with Crippen molar-refractivity contribution in [2.75, 3.05) is 7.11 Å². The van der Waals surface area contributed by atoms with Crippen molar-refractivity contribution in [3.05, 3.63) is 62.5 Å². The van der Waals surface area contributed by atoms with Gasteiger partial charge in [-0.1, -0.05) is 28.1 Å². The maximum absolute atomic E-state index is 12.4. The van der Waals surface area contributed by atoms with Crippen molar-refractivity contribution < 1.29 is 14.3 Å². The third kappa shape index (κ3) is 4.51. The fraction of sp³-hybridized carbons (Fsp3) is 0.250. The van der Waals surface area contributed by atoms with Gasteiger partial charge in [0.1, 0.15) is 5.69 Å². The summed E-state index contributed by atoms with van der Waals surface area (Å²) < 4.78 is 6.64. The lowest BCUT2D eigenvalue weighted by atomic mass is 10.0. The molecule has 0 saturated carbocycles. The zero-order valence-corrected chi connectivity index (χ0v) is 14.7. The number of hydrogen-bond donors (Lipinski definition) is 1. The first-order valence-electron chi connectivity index (χ1n) is 7.08. The van der Waals surface area contributed by atoms with Crippen LogP contribution in [0.5, 0.6) is 0 Å². The van der Waals surface area contributed by atoms with Gasteiger partial charge in [0.2, 0.25) is 0 Å². The van der Waals surface area contributed by atoms with E-state index in [1.54, 1.807) is 12.1 Å². The molecule has 1 amide bonds. The molecule has 7 nitrogen and oxygen atoms in total. The number of nitrogens with zero attached hydrogens (tertiary/aromatic N) is 2. The molecule has 1 atom stereocenters. The van der Waals surface area contributed by atoms with Crippen molar-refractivity contribution in [3.63, 3.8) is 0 Å². The lowest BCUT2D eigenvalue weighted by Gasteiger charge is -2.18. The Morgan fingerprint density at radius 1 is 1.25 bits per heavy atom. The van der Waals surface area contributed by atoms with Gasteiger partial charge < -0.3 is 10.1 Å². The SMILES string of the molecule is COC(=O)CC(NC(=O)c1ccc(=O)n(C)n1)c1ccc(Br)cc1. The number of amides is 1. The highest BCUT2D eigenvalue weighted by Gasteiger charge is 2.20. The molecular formula is C16H16BrN3O4. The Hall–Kier alpha value is -2.48. The molecule has 0 radical (unpaired) electrons. The van der Waals surface area contributed by atoms with E-state index in [0.717, 1.165) is 14.7 Å². The first-order valence-corrected chi connectivity index (χ1v) is 7.87. The summed E-state index contributed by atoms with van der Waals surface area (Å²) in [5, 5.41) is 6.65. The highest BCUT2D eigenvalue weighted by molar-refractivity contribution is 9.10. The number of aryl methyl sites for hydroxylation is 1. The van der Waals surface area contributed by atoms with Gasteiger partial charge in [0.15, 0.2) is 0 Å². The molecular weight excluding hydrogens is 378 g/mol. The van der Waals surface area contributed by atoms with Crippen LogP contribution in [0.2, 0.25) is 0 Å². The number of benzene rings is 1. The van der Waals surface area contributed by atoms with E-state index in [1.165, 1.54) is 26.3 Å². The van der Waals surface area contributed by atoms with Gasteiger partial charge in [0, 0.05) is 17.6 Å². The smallest absolute Gasteiger partial charge is 0.307 e. The van der Waals surface area contributed by atoms with Crippen LogP contribution in [0.3, 0.4) is 0 Å². The monoisotopic (exact) mass is 393 g/mol. The summed E-state index contributed by atoms with van der Waals surface area (Å²) in [6.45, 7) is 0. The van der Waals surface area contributed by atoms with E-state index in [9.17, 15) is 14.4 Å². The molecule has 126 valence electrons. The van der Waals surface area contributed by atoms with Gasteiger partial charge in [-0.2, -0.15) is 5.10 Å². The first-order chi connectivity index (χ1) is 11.4. The molecule has 0 spiro atoms. The minimum Gasteiger partial charge on any atom is -0.469 e. The standard InChI is InChI=1S/C16H16BrN3O4/c1-20-14(21)8-7-12(19-20)16(23)18-13(9-15(22)24-2)10-3-5-11(17)6-4-10/h3-8,13H,9H2,1-2H3,(H,18,23). The summed E-state index contributed by atoms with van der Waals surface area (Å²) >= 11 is 3.34. The molecule has 0 saturated heterocycles. The Labute approximate surface area is 146 Å². The van der Waals surface area contributed by atoms with E-state index in [4.69, 9.17) is 0 Å². The van der Waals surface area contributed by atoms with E-state index in [1.807, 2.05) is 12.1 Å². The Morgan fingerprint density at radius 3 is 2.50 bits per heavy atom. The molecule has 1 unspecified atom stereocenters. The number of hydrogen-bond acceptors (Lipinski definition) is 5. The molecule has 1 N–H and O–H groups in total. The zero-order chi connectivity index (χ0) is 17.7. The number of ether oxygens (including phenoxy) is 1. The van der Waals surface area contributed by atoms with Crippen LogP contribution in [0.25, 0.3) is 0 Å². The number of esters is 1. The summed E-state index contributed by atoms with van der Waals surface area (Å²) in [6.07, 6.45) is -0.0182. The van der Waals surface area contributed by atoms with Gasteiger partial charge in [-0.15, -0.1) is 0 Å². The van der Waals surface area contributed by atoms with E-state index in [0.29, 0.717) is 0 Å². The van der Waals surface area contributed by atoms with E-state index in [-0.39, 0.29) is 17.7 Å². The van der Waals surface area contributed by atoms with Gasteiger partial charge >= 0.3 is 5.97 Å². The molecule has 24 heavy (non-hydrogen) atoms. The normalized spacial score (nSPS) is 11.6. The molecule has 1 aromatic heterocycles. The van der Waals surface area contributed by atoms with Gasteiger partial charge in [-0.3, -0.25) is 14.4 Å². The fourth-order valence-electron chi connectivity index (χ4n) is 2.05. The molecule has 8 heteroatoms. The maximum atomic E-state index is 12.4. The molecule has 1 heterocycles. The number of rotatable bonds is 5. The van der Waals surface area contributed by atoms with Crippen molar-refractivity contribution in [1.82, 2.24) is 15.1 Å². The molecule has 0 bridgehead atoms. The van der Waals surface area contributed by atoms with E-state index >= 15 is 0 Å². The number of aromatic nitrogens is 2. The van der Waals surface area contributed by atoms with Crippen molar-refractivity contribution in [2.24, 2.45) is 7.05 Å².